The summed E-state index contributed by atoms with van der Waals surface area (Å²) in [6, 6.07) is 10.3. The van der Waals surface area contributed by atoms with Gasteiger partial charge in [0, 0.05) is 36.8 Å². The quantitative estimate of drug-likeness (QED) is 0.743. The van der Waals surface area contributed by atoms with E-state index in [1.165, 1.54) is 6.07 Å². The molecule has 7 heteroatoms. The van der Waals surface area contributed by atoms with E-state index in [9.17, 15) is 14.0 Å². The van der Waals surface area contributed by atoms with Gasteiger partial charge in [0.15, 0.2) is 0 Å². The van der Waals surface area contributed by atoms with Gasteiger partial charge in [0.25, 0.3) is 5.91 Å². The monoisotopic (exact) mass is 419 g/mol. The van der Waals surface area contributed by atoms with Crippen molar-refractivity contribution in [3.63, 3.8) is 0 Å². The van der Waals surface area contributed by atoms with Gasteiger partial charge in [-0.15, -0.1) is 12.4 Å². The van der Waals surface area contributed by atoms with Crippen LogP contribution in [-0.2, 0) is 11.3 Å². The molecule has 5 nitrogen and oxygen atoms in total. The molecule has 0 unspecified atom stereocenters. The predicted molar refractivity (Wildman–Crippen MR) is 114 cm³/mol. The van der Waals surface area contributed by atoms with Crippen LogP contribution in [-0.4, -0.2) is 29.8 Å². The second-order valence-corrected chi connectivity index (χ2v) is 7.44. The fourth-order valence-electron chi connectivity index (χ4n) is 3.46. The Hall–Kier alpha value is -2.60. The molecular weight excluding hydrogens is 393 g/mol. The standard InChI is InChI=1S/C22H26FN3O2.ClH/c1-14-4-6-18(24)12-19(14)22(28)26-9-7-17(8-10-26)21(27)25-13-16-5-3-15(2)20(23)11-16;/h3-6,11-12,17H,7-10,13,24H2,1-2H3,(H,25,27);1H. The smallest absolute Gasteiger partial charge is 0.254 e. The number of nitrogens with one attached hydrogen (secondary N) is 1. The largest absolute Gasteiger partial charge is 0.399 e. The van der Waals surface area contributed by atoms with Gasteiger partial charge in [-0.2, -0.15) is 0 Å². The molecule has 29 heavy (non-hydrogen) atoms. The molecule has 0 spiro atoms. The first-order valence-electron chi connectivity index (χ1n) is 9.53. The summed E-state index contributed by atoms with van der Waals surface area (Å²) < 4.78 is 13.6. The first-order valence-corrected chi connectivity index (χ1v) is 9.53. The van der Waals surface area contributed by atoms with E-state index >= 15 is 0 Å². The minimum Gasteiger partial charge on any atom is -0.399 e. The summed E-state index contributed by atoms with van der Waals surface area (Å²) in [6.07, 6.45) is 1.22. The van der Waals surface area contributed by atoms with Crippen molar-refractivity contribution >= 4 is 29.9 Å². The molecule has 0 bridgehead atoms. The molecule has 0 aromatic heterocycles. The molecule has 1 aliphatic rings. The Kier molecular flexibility index (Phi) is 7.62. The minimum atomic E-state index is -0.268. The second kappa shape index (κ2) is 9.74. The highest BCUT2D eigenvalue weighted by Crippen LogP contribution is 2.22. The summed E-state index contributed by atoms with van der Waals surface area (Å²) in [5.41, 5.74) is 9.20. The van der Waals surface area contributed by atoms with Crippen molar-refractivity contribution in [2.75, 3.05) is 18.8 Å². The summed E-state index contributed by atoms with van der Waals surface area (Å²) in [5.74, 6) is -0.497. The fraction of sp³-hybridized carbons (Fsp3) is 0.364. The molecule has 0 radical (unpaired) electrons. The summed E-state index contributed by atoms with van der Waals surface area (Å²) in [5, 5.41) is 2.88. The second-order valence-electron chi connectivity index (χ2n) is 7.44. The molecule has 2 amide bonds. The third-order valence-electron chi connectivity index (χ3n) is 5.35. The highest BCUT2D eigenvalue weighted by molar-refractivity contribution is 5.96. The lowest BCUT2D eigenvalue weighted by Crippen LogP contribution is -2.43. The molecular formula is C22H27ClFN3O2. The lowest BCUT2D eigenvalue weighted by Gasteiger charge is -2.31. The number of anilines is 1. The maximum absolute atomic E-state index is 13.6. The van der Waals surface area contributed by atoms with Gasteiger partial charge >= 0.3 is 0 Å². The van der Waals surface area contributed by atoms with Crippen LogP contribution >= 0.6 is 12.4 Å². The first-order chi connectivity index (χ1) is 13.3. The zero-order valence-electron chi connectivity index (χ0n) is 16.7. The van der Waals surface area contributed by atoms with E-state index in [0.29, 0.717) is 49.3 Å². The number of amides is 2. The van der Waals surface area contributed by atoms with Crippen LogP contribution in [0.1, 0.15) is 39.9 Å². The number of nitrogen functional groups attached to an aromatic ring is 1. The van der Waals surface area contributed by atoms with Crippen molar-refractivity contribution in [2.45, 2.75) is 33.2 Å². The molecule has 1 fully saturated rings. The number of halogens is 2. The Labute approximate surface area is 176 Å². The van der Waals surface area contributed by atoms with Crippen LogP contribution in [0.25, 0.3) is 0 Å². The number of likely N-dealkylation sites (tertiary alicyclic amines) is 1. The summed E-state index contributed by atoms with van der Waals surface area (Å²) in [7, 11) is 0. The van der Waals surface area contributed by atoms with Crippen molar-refractivity contribution in [3.8, 4) is 0 Å². The number of carbonyl (C=O) groups excluding carboxylic acids is 2. The zero-order chi connectivity index (χ0) is 20.3. The predicted octanol–water partition coefficient (Wildman–Crippen LogP) is 3.62. The first kappa shape index (κ1) is 22.7. The number of benzene rings is 2. The Morgan fingerprint density at radius 1 is 1.10 bits per heavy atom. The number of aryl methyl sites for hydroxylation is 2. The van der Waals surface area contributed by atoms with Crippen LogP contribution in [0.2, 0.25) is 0 Å². The van der Waals surface area contributed by atoms with Crippen LogP contribution < -0.4 is 11.1 Å². The zero-order valence-corrected chi connectivity index (χ0v) is 17.5. The van der Waals surface area contributed by atoms with Gasteiger partial charge in [-0.05, 0) is 61.6 Å². The number of hydrogen-bond acceptors (Lipinski definition) is 3. The molecule has 2 aromatic carbocycles. The van der Waals surface area contributed by atoms with Gasteiger partial charge in [-0.1, -0.05) is 18.2 Å². The molecule has 1 heterocycles. The van der Waals surface area contributed by atoms with E-state index in [1.807, 2.05) is 19.1 Å². The van der Waals surface area contributed by atoms with Crippen LogP contribution in [0.3, 0.4) is 0 Å². The van der Waals surface area contributed by atoms with Gasteiger partial charge in [-0.3, -0.25) is 9.59 Å². The van der Waals surface area contributed by atoms with Crippen LogP contribution in [0.15, 0.2) is 36.4 Å². The Morgan fingerprint density at radius 3 is 2.41 bits per heavy atom. The van der Waals surface area contributed by atoms with Gasteiger partial charge in [-0.25, -0.2) is 4.39 Å². The lowest BCUT2D eigenvalue weighted by molar-refractivity contribution is -0.126. The molecule has 3 N–H and O–H groups in total. The van der Waals surface area contributed by atoms with Crippen molar-refractivity contribution in [2.24, 2.45) is 5.92 Å². The van der Waals surface area contributed by atoms with E-state index in [1.54, 1.807) is 30.0 Å². The van der Waals surface area contributed by atoms with Gasteiger partial charge < -0.3 is 16.0 Å². The maximum atomic E-state index is 13.6. The van der Waals surface area contributed by atoms with Gasteiger partial charge in [0.05, 0.1) is 0 Å². The van der Waals surface area contributed by atoms with Crippen LogP contribution in [0.4, 0.5) is 10.1 Å². The Bertz CT molecular complexity index is 896. The SMILES string of the molecule is Cc1ccc(CNC(=O)C2CCN(C(=O)c3cc(N)ccc3C)CC2)cc1F.Cl. The van der Waals surface area contributed by atoms with Crippen LogP contribution in [0, 0.1) is 25.6 Å². The third-order valence-corrected chi connectivity index (χ3v) is 5.35. The van der Waals surface area contributed by atoms with Crippen molar-refractivity contribution in [3.05, 3.63) is 64.5 Å². The van der Waals surface area contributed by atoms with E-state index in [-0.39, 0.29) is 36.0 Å². The molecule has 1 saturated heterocycles. The molecule has 3 rings (SSSR count). The summed E-state index contributed by atoms with van der Waals surface area (Å²) in [4.78, 5) is 27.0. The van der Waals surface area contributed by atoms with Crippen molar-refractivity contribution in [1.29, 1.82) is 0 Å². The highest BCUT2D eigenvalue weighted by atomic mass is 35.5. The van der Waals surface area contributed by atoms with Crippen molar-refractivity contribution < 1.29 is 14.0 Å². The van der Waals surface area contributed by atoms with Crippen molar-refractivity contribution in [1.82, 2.24) is 10.2 Å². The number of rotatable bonds is 4. The average molecular weight is 420 g/mol. The normalized spacial score (nSPS) is 14.2. The molecule has 0 saturated carbocycles. The van der Waals surface area contributed by atoms with E-state index < -0.39 is 0 Å². The molecule has 156 valence electrons. The number of nitrogens with zero attached hydrogens (tertiary/aromatic N) is 1. The number of carbonyl (C=O) groups is 2. The highest BCUT2D eigenvalue weighted by Gasteiger charge is 2.28. The topological polar surface area (TPSA) is 75.4 Å². The Balaban J connectivity index is 0.00000300. The number of nitrogens with two attached hydrogens (primary N) is 1. The van der Waals surface area contributed by atoms with E-state index in [4.69, 9.17) is 5.73 Å². The van der Waals surface area contributed by atoms with E-state index in [2.05, 4.69) is 5.32 Å². The fourth-order valence-corrected chi connectivity index (χ4v) is 3.46. The molecule has 0 atom stereocenters. The van der Waals surface area contributed by atoms with E-state index in [0.717, 1.165) is 11.1 Å². The number of piperidine rings is 1. The molecule has 2 aromatic rings. The lowest BCUT2D eigenvalue weighted by atomic mass is 9.95. The van der Waals surface area contributed by atoms with Crippen LogP contribution in [0.5, 0.6) is 0 Å². The van der Waals surface area contributed by atoms with Gasteiger partial charge in [0.1, 0.15) is 5.82 Å². The molecule has 1 aliphatic heterocycles. The Morgan fingerprint density at radius 2 is 1.76 bits per heavy atom. The average Bonchev–Trinajstić information content (AvgIpc) is 2.70. The summed E-state index contributed by atoms with van der Waals surface area (Å²) in [6.45, 7) is 4.96. The number of hydrogen-bond donors (Lipinski definition) is 2. The van der Waals surface area contributed by atoms with Gasteiger partial charge in [0.2, 0.25) is 5.91 Å². The maximum Gasteiger partial charge on any atom is 0.254 e. The minimum absolute atomic E-state index is 0. The third kappa shape index (κ3) is 5.48. The summed E-state index contributed by atoms with van der Waals surface area (Å²) >= 11 is 0. The molecule has 0 aliphatic carbocycles.